The van der Waals surface area contributed by atoms with Crippen LogP contribution in [0.2, 0.25) is 0 Å². The summed E-state index contributed by atoms with van der Waals surface area (Å²) in [5.41, 5.74) is 1.27. The molecule has 18 heavy (non-hydrogen) atoms. The first-order valence-electron chi connectivity index (χ1n) is 6.77. The SMILES string of the molecule is CC(C)NCc1ccc(OCOCC2CC2)cc1. The van der Waals surface area contributed by atoms with Gasteiger partial charge in [-0.3, -0.25) is 0 Å². The highest BCUT2D eigenvalue weighted by Gasteiger charge is 2.20. The fourth-order valence-corrected chi connectivity index (χ4v) is 1.63. The first kappa shape index (κ1) is 13.4. The van der Waals surface area contributed by atoms with Gasteiger partial charge < -0.3 is 14.8 Å². The molecule has 0 saturated heterocycles. The average Bonchev–Trinajstić information content (AvgIpc) is 3.17. The van der Waals surface area contributed by atoms with E-state index in [1.165, 1.54) is 18.4 Å². The third-order valence-corrected chi connectivity index (χ3v) is 3.00. The Morgan fingerprint density at radius 2 is 1.94 bits per heavy atom. The fourth-order valence-electron chi connectivity index (χ4n) is 1.63. The van der Waals surface area contributed by atoms with E-state index in [9.17, 15) is 0 Å². The van der Waals surface area contributed by atoms with Gasteiger partial charge in [-0.15, -0.1) is 0 Å². The molecule has 1 fully saturated rings. The normalized spacial score (nSPS) is 15.1. The number of rotatable bonds is 8. The number of hydrogen-bond donors (Lipinski definition) is 1. The molecule has 3 heteroatoms. The molecule has 0 radical (unpaired) electrons. The summed E-state index contributed by atoms with van der Waals surface area (Å²) < 4.78 is 11.0. The van der Waals surface area contributed by atoms with Crippen LogP contribution in [0.15, 0.2) is 24.3 Å². The van der Waals surface area contributed by atoms with Crippen molar-refractivity contribution in [3.8, 4) is 5.75 Å². The highest BCUT2D eigenvalue weighted by molar-refractivity contribution is 5.27. The summed E-state index contributed by atoms with van der Waals surface area (Å²) in [5, 5.41) is 3.39. The van der Waals surface area contributed by atoms with Crippen molar-refractivity contribution in [2.24, 2.45) is 5.92 Å². The first-order valence-corrected chi connectivity index (χ1v) is 6.77. The maximum absolute atomic E-state index is 5.52. The van der Waals surface area contributed by atoms with E-state index in [4.69, 9.17) is 9.47 Å². The largest absolute Gasteiger partial charge is 0.468 e. The van der Waals surface area contributed by atoms with Gasteiger partial charge in [-0.2, -0.15) is 0 Å². The summed E-state index contributed by atoms with van der Waals surface area (Å²) in [6, 6.07) is 8.68. The molecule has 1 aliphatic rings. The van der Waals surface area contributed by atoms with Gasteiger partial charge in [0.15, 0.2) is 6.79 Å². The summed E-state index contributed by atoms with van der Waals surface area (Å²) in [5.74, 6) is 1.66. The Bertz CT molecular complexity index is 344. The number of nitrogens with one attached hydrogen (secondary N) is 1. The molecule has 1 aliphatic carbocycles. The molecule has 1 aromatic carbocycles. The topological polar surface area (TPSA) is 30.5 Å². The zero-order valence-electron chi connectivity index (χ0n) is 11.3. The molecule has 0 atom stereocenters. The van der Waals surface area contributed by atoms with Crippen LogP contribution in [0.4, 0.5) is 0 Å². The Labute approximate surface area is 109 Å². The average molecular weight is 249 g/mol. The molecular weight excluding hydrogens is 226 g/mol. The molecule has 0 heterocycles. The first-order chi connectivity index (χ1) is 8.74. The highest BCUT2D eigenvalue weighted by atomic mass is 16.7. The molecule has 0 amide bonds. The predicted molar refractivity (Wildman–Crippen MR) is 72.6 cm³/mol. The third kappa shape index (κ3) is 5.07. The van der Waals surface area contributed by atoms with Gasteiger partial charge in [0, 0.05) is 12.6 Å². The molecule has 1 saturated carbocycles. The van der Waals surface area contributed by atoms with E-state index in [0.717, 1.165) is 24.8 Å². The standard InChI is InChI=1S/C15H23NO2/c1-12(2)16-9-13-5-7-15(8-6-13)18-11-17-10-14-3-4-14/h5-8,12,14,16H,3-4,9-11H2,1-2H3. The van der Waals surface area contributed by atoms with Gasteiger partial charge in [-0.1, -0.05) is 26.0 Å². The predicted octanol–water partition coefficient (Wildman–Crippen LogP) is 2.95. The molecule has 0 unspecified atom stereocenters. The molecule has 0 bridgehead atoms. The Balaban J connectivity index is 1.65. The van der Waals surface area contributed by atoms with Crippen molar-refractivity contribution in [1.29, 1.82) is 0 Å². The van der Waals surface area contributed by atoms with Gasteiger partial charge in [0.2, 0.25) is 0 Å². The Morgan fingerprint density at radius 1 is 1.22 bits per heavy atom. The third-order valence-electron chi connectivity index (χ3n) is 3.00. The van der Waals surface area contributed by atoms with Gasteiger partial charge in [-0.05, 0) is 36.5 Å². The van der Waals surface area contributed by atoms with Crippen molar-refractivity contribution in [3.05, 3.63) is 29.8 Å². The monoisotopic (exact) mass is 249 g/mol. The van der Waals surface area contributed by atoms with Crippen LogP contribution >= 0.6 is 0 Å². The van der Waals surface area contributed by atoms with E-state index in [-0.39, 0.29) is 0 Å². The molecule has 0 aromatic heterocycles. The second-order valence-electron chi connectivity index (χ2n) is 5.26. The van der Waals surface area contributed by atoms with Crippen LogP contribution in [0.5, 0.6) is 5.75 Å². The minimum Gasteiger partial charge on any atom is -0.468 e. The van der Waals surface area contributed by atoms with Gasteiger partial charge in [0.05, 0.1) is 6.61 Å². The van der Waals surface area contributed by atoms with Crippen molar-refractivity contribution in [2.75, 3.05) is 13.4 Å². The minimum atomic E-state index is 0.361. The number of hydrogen-bond acceptors (Lipinski definition) is 3. The van der Waals surface area contributed by atoms with Crippen LogP contribution in [0, 0.1) is 5.92 Å². The van der Waals surface area contributed by atoms with Crippen molar-refractivity contribution in [1.82, 2.24) is 5.32 Å². The number of benzene rings is 1. The maximum Gasteiger partial charge on any atom is 0.189 e. The Morgan fingerprint density at radius 3 is 2.56 bits per heavy atom. The summed E-state index contributed by atoms with van der Waals surface area (Å²) in [4.78, 5) is 0. The zero-order valence-corrected chi connectivity index (χ0v) is 11.3. The van der Waals surface area contributed by atoms with E-state index < -0.39 is 0 Å². The van der Waals surface area contributed by atoms with Crippen LogP contribution in [0.25, 0.3) is 0 Å². The summed E-state index contributed by atoms with van der Waals surface area (Å²) >= 11 is 0. The molecule has 0 aliphatic heterocycles. The minimum absolute atomic E-state index is 0.361. The Kier molecular flexibility index (Phi) is 5.02. The lowest BCUT2D eigenvalue weighted by Gasteiger charge is -2.10. The summed E-state index contributed by atoms with van der Waals surface area (Å²) in [6.45, 7) is 6.40. The maximum atomic E-state index is 5.52. The highest BCUT2D eigenvalue weighted by Crippen LogP contribution is 2.28. The van der Waals surface area contributed by atoms with Crippen LogP contribution < -0.4 is 10.1 Å². The second kappa shape index (κ2) is 6.76. The fraction of sp³-hybridized carbons (Fsp3) is 0.600. The van der Waals surface area contributed by atoms with Gasteiger partial charge >= 0.3 is 0 Å². The second-order valence-corrected chi connectivity index (χ2v) is 5.26. The van der Waals surface area contributed by atoms with Crippen molar-refractivity contribution in [3.63, 3.8) is 0 Å². The quantitative estimate of drug-likeness (QED) is 0.567. The van der Waals surface area contributed by atoms with E-state index in [0.29, 0.717) is 12.8 Å². The van der Waals surface area contributed by atoms with Crippen LogP contribution in [-0.4, -0.2) is 19.4 Å². The summed E-state index contributed by atoms with van der Waals surface area (Å²) in [7, 11) is 0. The van der Waals surface area contributed by atoms with Gasteiger partial charge in [0.25, 0.3) is 0 Å². The molecule has 100 valence electrons. The van der Waals surface area contributed by atoms with E-state index in [1.54, 1.807) is 0 Å². The molecule has 1 N–H and O–H groups in total. The van der Waals surface area contributed by atoms with Gasteiger partial charge in [0.1, 0.15) is 5.75 Å². The van der Waals surface area contributed by atoms with E-state index in [1.807, 2.05) is 12.1 Å². The lowest BCUT2D eigenvalue weighted by molar-refractivity contribution is 0.00997. The smallest absolute Gasteiger partial charge is 0.189 e. The van der Waals surface area contributed by atoms with Crippen LogP contribution in [0.1, 0.15) is 32.3 Å². The van der Waals surface area contributed by atoms with E-state index >= 15 is 0 Å². The molecular formula is C15H23NO2. The summed E-state index contributed by atoms with van der Waals surface area (Å²) in [6.07, 6.45) is 2.63. The lowest BCUT2D eigenvalue weighted by atomic mass is 10.2. The van der Waals surface area contributed by atoms with Gasteiger partial charge in [-0.25, -0.2) is 0 Å². The lowest BCUT2D eigenvalue weighted by Crippen LogP contribution is -2.21. The molecule has 2 rings (SSSR count). The van der Waals surface area contributed by atoms with Crippen LogP contribution in [-0.2, 0) is 11.3 Å². The molecule has 1 aromatic rings. The van der Waals surface area contributed by atoms with Crippen molar-refractivity contribution >= 4 is 0 Å². The zero-order chi connectivity index (χ0) is 12.8. The Hall–Kier alpha value is -1.06. The molecule has 0 spiro atoms. The number of ether oxygens (including phenoxy) is 2. The molecule has 3 nitrogen and oxygen atoms in total. The van der Waals surface area contributed by atoms with Crippen LogP contribution in [0.3, 0.4) is 0 Å². The van der Waals surface area contributed by atoms with E-state index in [2.05, 4.69) is 31.3 Å². The van der Waals surface area contributed by atoms with Crippen molar-refractivity contribution in [2.45, 2.75) is 39.3 Å². The van der Waals surface area contributed by atoms with Crippen molar-refractivity contribution < 1.29 is 9.47 Å².